The Labute approximate surface area is 136 Å². The third kappa shape index (κ3) is 4.33. The lowest BCUT2D eigenvalue weighted by Crippen LogP contribution is -2.24. The van der Waals surface area contributed by atoms with E-state index in [9.17, 15) is 4.79 Å². The third-order valence-corrected chi connectivity index (χ3v) is 3.88. The van der Waals surface area contributed by atoms with Gasteiger partial charge in [-0.05, 0) is 30.5 Å². The van der Waals surface area contributed by atoms with Crippen LogP contribution >= 0.6 is 0 Å². The number of rotatable bonds is 6. The van der Waals surface area contributed by atoms with Crippen molar-refractivity contribution in [2.24, 2.45) is 0 Å². The van der Waals surface area contributed by atoms with Crippen LogP contribution in [0.1, 0.15) is 28.8 Å². The topological polar surface area (TPSA) is 47.6 Å². The summed E-state index contributed by atoms with van der Waals surface area (Å²) in [5.74, 6) is 0.477. The van der Waals surface area contributed by atoms with Crippen molar-refractivity contribution in [1.82, 2.24) is 5.32 Å². The molecule has 1 amide bonds. The predicted octanol–water partition coefficient (Wildman–Crippen LogP) is 3.17. The number of benzene rings is 2. The zero-order valence-corrected chi connectivity index (χ0v) is 13.0. The van der Waals surface area contributed by atoms with Gasteiger partial charge in [0.1, 0.15) is 12.4 Å². The summed E-state index contributed by atoms with van der Waals surface area (Å²) in [5.41, 5.74) is 1.63. The molecule has 1 N–H and O–H groups in total. The molecule has 0 saturated carbocycles. The van der Waals surface area contributed by atoms with Crippen molar-refractivity contribution >= 4 is 5.91 Å². The molecule has 0 radical (unpaired) electrons. The summed E-state index contributed by atoms with van der Waals surface area (Å²) in [6, 6.07) is 17.2. The molecule has 0 aromatic heterocycles. The van der Waals surface area contributed by atoms with Gasteiger partial charge in [-0.3, -0.25) is 4.79 Å². The minimum Gasteiger partial charge on any atom is -0.490 e. The number of hydrogen-bond acceptors (Lipinski definition) is 3. The van der Waals surface area contributed by atoms with Crippen LogP contribution in [0.3, 0.4) is 0 Å². The Morgan fingerprint density at radius 3 is 2.70 bits per heavy atom. The first-order chi connectivity index (χ1) is 11.3. The number of carbonyl (C=O) groups excluding carboxylic acids is 1. The van der Waals surface area contributed by atoms with Crippen LogP contribution in [0.15, 0.2) is 54.6 Å². The highest BCUT2D eigenvalue weighted by Gasteiger charge is 2.18. The van der Waals surface area contributed by atoms with E-state index in [-0.39, 0.29) is 12.0 Å². The van der Waals surface area contributed by atoms with Gasteiger partial charge in [-0.25, -0.2) is 0 Å². The first kappa shape index (κ1) is 15.6. The first-order valence-corrected chi connectivity index (χ1v) is 7.98. The fraction of sp³-hybridized carbons (Fsp3) is 0.316. The molecule has 0 spiro atoms. The van der Waals surface area contributed by atoms with Crippen LogP contribution in [-0.4, -0.2) is 25.2 Å². The Kier molecular flexibility index (Phi) is 5.27. The van der Waals surface area contributed by atoms with Crippen molar-refractivity contribution in [3.8, 4) is 5.75 Å². The standard InChI is InChI=1S/C19H21NO3/c21-19(20-13-15-7-2-1-3-8-15)17-10-4-5-11-18(17)23-14-16-9-6-12-22-16/h1-5,7-8,10-11,16H,6,9,12-14H2,(H,20,21). The quantitative estimate of drug-likeness (QED) is 0.891. The highest BCUT2D eigenvalue weighted by Crippen LogP contribution is 2.20. The van der Waals surface area contributed by atoms with E-state index in [1.165, 1.54) is 0 Å². The van der Waals surface area contributed by atoms with Gasteiger partial charge in [0.05, 0.1) is 11.7 Å². The summed E-state index contributed by atoms with van der Waals surface area (Å²) < 4.78 is 11.4. The van der Waals surface area contributed by atoms with Gasteiger partial charge in [0.25, 0.3) is 5.91 Å². The lowest BCUT2D eigenvalue weighted by Gasteiger charge is -2.14. The van der Waals surface area contributed by atoms with Crippen molar-refractivity contribution in [2.45, 2.75) is 25.5 Å². The van der Waals surface area contributed by atoms with E-state index >= 15 is 0 Å². The minimum absolute atomic E-state index is 0.128. The SMILES string of the molecule is O=C(NCc1ccccc1)c1ccccc1OCC1CCCO1. The maximum atomic E-state index is 12.4. The number of amides is 1. The van der Waals surface area contributed by atoms with E-state index in [4.69, 9.17) is 9.47 Å². The van der Waals surface area contributed by atoms with E-state index in [1.54, 1.807) is 6.07 Å². The maximum Gasteiger partial charge on any atom is 0.255 e. The predicted molar refractivity (Wildman–Crippen MR) is 88.5 cm³/mol. The van der Waals surface area contributed by atoms with E-state index in [2.05, 4.69) is 5.32 Å². The molecule has 1 saturated heterocycles. The van der Waals surface area contributed by atoms with Gasteiger partial charge in [0, 0.05) is 13.2 Å². The summed E-state index contributed by atoms with van der Waals surface area (Å²) in [4.78, 5) is 12.4. The molecule has 120 valence electrons. The van der Waals surface area contributed by atoms with Crippen LogP contribution in [0, 0.1) is 0 Å². The molecule has 1 heterocycles. The molecule has 4 heteroatoms. The van der Waals surface area contributed by atoms with Crippen molar-refractivity contribution in [2.75, 3.05) is 13.2 Å². The highest BCUT2D eigenvalue weighted by atomic mass is 16.5. The summed E-state index contributed by atoms with van der Waals surface area (Å²) in [7, 11) is 0. The highest BCUT2D eigenvalue weighted by molar-refractivity contribution is 5.96. The fourth-order valence-electron chi connectivity index (χ4n) is 2.61. The van der Waals surface area contributed by atoms with Gasteiger partial charge in [0.15, 0.2) is 0 Å². The molecule has 3 rings (SSSR count). The summed E-state index contributed by atoms with van der Waals surface area (Å²) in [6.07, 6.45) is 2.23. The molecule has 1 atom stereocenters. The van der Waals surface area contributed by atoms with Crippen LogP contribution in [-0.2, 0) is 11.3 Å². The number of hydrogen-bond donors (Lipinski definition) is 1. The Morgan fingerprint density at radius 1 is 1.13 bits per heavy atom. The molecule has 2 aromatic carbocycles. The lowest BCUT2D eigenvalue weighted by atomic mass is 10.1. The smallest absolute Gasteiger partial charge is 0.255 e. The number of nitrogens with one attached hydrogen (secondary N) is 1. The van der Waals surface area contributed by atoms with Gasteiger partial charge in [-0.1, -0.05) is 42.5 Å². The maximum absolute atomic E-state index is 12.4. The molecular formula is C19H21NO3. The molecule has 1 aliphatic heterocycles. The third-order valence-electron chi connectivity index (χ3n) is 3.88. The second-order valence-electron chi connectivity index (χ2n) is 5.61. The van der Waals surface area contributed by atoms with Crippen LogP contribution in [0.2, 0.25) is 0 Å². The molecule has 1 fully saturated rings. The number of carbonyl (C=O) groups is 1. The summed E-state index contributed by atoms with van der Waals surface area (Å²) >= 11 is 0. The Balaban J connectivity index is 1.60. The van der Waals surface area contributed by atoms with Crippen molar-refractivity contribution in [3.05, 3.63) is 65.7 Å². The van der Waals surface area contributed by atoms with Gasteiger partial charge in [0.2, 0.25) is 0 Å². The zero-order chi connectivity index (χ0) is 15.9. The second-order valence-corrected chi connectivity index (χ2v) is 5.61. The Bertz CT molecular complexity index is 636. The fourth-order valence-corrected chi connectivity index (χ4v) is 2.61. The number of ether oxygens (including phenoxy) is 2. The summed E-state index contributed by atoms with van der Waals surface area (Å²) in [6.45, 7) is 1.79. The molecule has 1 unspecified atom stereocenters. The zero-order valence-electron chi connectivity index (χ0n) is 13.0. The van der Waals surface area contributed by atoms with E-state index < -0.39 is 0 Å². The normalized spacial score (nSPS) is 17.0. The first-order valence-electron chi connectivity index (χ1n) is 7.98. The average molecular weight is 311 g/mol. The molecule has 1 aliphatic rings. The Hall–Kier alpha value is -2.33. The molecular weight excluding hydrogens is 290 g/mol. The Morgan fingerprint density at radius 2 is 1.91 bits per heavy atom. The van der Waals surface area contributed by atoms with Gasteiger partial charge >= 0.3 is 0 Å². The molecule has 4 nitrogen and oxygen atoms in total. The average Bonchev–Trinajstić information content (AvgIpc) is 3.12. The van der Waals surface area contributed by atoms with Crippen LogP contribution in [0.25, 0.3) is 0 Å². The number of para-hydroxylation sites is 1. The van der Waals surface area contributed by atoms with Gasteiger partial charge in [-0.15, -0.1) is 0 Å². The van der Waals surface area contributed by atoms with E-state index in [1.807, 2.05) is 48.5 Å². The molecule has 2 aromatic rings. The van der Waals surface area contributed by atoms with E-state index in [0.717, 1.165) is 25.0 Å². The monoisotopic (exact) mass is 311 g/mol. The van der Waals surface area contributed by atoms with Crippen molar-refractivity contribution < 1.29 is 14.3 Å². The largest absolute Gasteiger partial charge is 0.490 e. The van der Waals surface area contributed by atoms with Crippen molar-refractivity contribution in [1.29, 1.82) is 0 Å². The summed E-state index contributed by atoms with van der Waals surface area (Å²) in [5, 5.41) is 2.93. The van der Waals surface area contributed by atoms with Gasteiger partial charge < -0.3 is 14.8 Å². The second kappa shape index (κ2) is 7.79. The minimum atomic E-state index is -0.128. The van der Waals surface area contributed by atoms with Crippen LogP contribution < -0.4 is 10.1 Å². The molecule has 0 bridgehead atoms. The van der Waals surface area contributed by atoms with Crippen LogP contribution in [0.5, 0.6) is 5.75 Å². The van der Waals surface area contributed by atoms with E-state index in [0.29, 0.717) is 24.5 Å². The lowest BCUT2D eigenvalue weighted by molar-refractivity contribution is 0.0670. The molecule has 23 heavy (non-hydrogen) atoms. The van der Waals surface area contributed by atoms with Crippen molar-refractivity contribution in [3.63, 3.8) is 0 Å². The van der Waals surface area contributed by atoms with Crippen LogP contribution in [0.4, 0.5) is 0 Å². The van der Waals surface area contributed by atoms with Gasteiger partial charge in [-0.2, -0.15) is 0 Å². The molecule has 0 aliphatic carbocycles.